The number of thioether (sulfide) groups is 1. The molecule has 104 valence electrons. The van der Waals surface area contributed by atoms with E-state index in [1.165, 1.54) is 0 Å². The summed E-state index contributed by atoms with van der Waals surface area (Å²) in [4.78, 5) is 12.7. The number of nitrogen functional groups attached to an aromatic ring is 1. The van der Waals surface area contributed by atoms with Crippen LogP contribution >= 0.6 is 11.8 Å². The first-order chi connectivity index (χ1) is 9.74. The van der Waals surface area contributed by atoms with E-state index in [9.17, 15) is 4.79 Å². The summed E-state index contributed by atoms with van der Waals surface area (Å²) in [5.74, 6) is 5.58. The first-order valence-corrected chi connectivity index (χ1v) is 7.14. The fourth-order valence-corrected chi connectivity index (χ4v) is 2.70. The summed E-state index contributed by atoms with van der Waals surface area (Å²) in [6.45, 7) is 0.0461. The maximum atomic E-state index is 11.7. The summed E-state index contributed by atoms with van der Waals surface area (Å²) >= 11 is 1.63. The minimum atomic E-state index is -0.281. The molecular formula is C15H16N2O2S. The average molecular weight is 288 g/mol. The Hall–Kier alpha value is -1.82. The molecule has 1 amide bonds. The van der Waals surface area contributed by atoms with Gasteiger partial charge in [0.05, 0.1) is 6.61 Å². The number of carbonyl (C=O) groups is 1. The summed E-state index contributed by atoms with van der Waals surface area (Å²) in [7, 11) is 0. The normalized spacial score (nSPS) is 10.3. The molecule has 0 saturated heterocycles. The molecule has 0 aliphatic heterocycles. The van der Waals surface area contributed by atoms with Crippen molar-refractivity contribution in [3.05, 3.63) is 65.2 Å². The molecule has 2 rings (SSSR count). The lowest BCUT2D eigenvalue weighted by Crippen LogP contribution is -2.30. The van der Waals surface area contributed by atoms with Crippen LogP contribution in [0.1, 0.15) is 21.5 Å². The van der Waals surface area contributed by atoms with Crippen molar-refractivity contribution in [2.24, 2.45) is 5.84 Å². The second kappa shape index (κ2) is 7.09. The zero-order valence-corrected chi connectivity index (χ0v) is 11.7. The molecule has 0 atom stereocenters. The minimum Gasteiger partial charge on any atom is -0.392 e. The van der Waals surface area contributed by atoms with E-state index in [4.69, 9.17) is 10.9 Å². The molecule has 20 heavy (non-hydrogen) atoms. The highest BCUT2D eigenvalue weighted by Gasteiger charge is 2.09. The highest BCUT2D eigenvalue weighted by atomic mass is 32.2. The fraction of sp³-hybridized carbons (Fsp3) is 0.133. The number of hydrazine groups is 1. The maximum Gasteiger partial charge on any atom is 0.265 e. The van der Waals surface area contributed by atoms with E-state index in [-0.39, 0.29) is 12.5 Å². The van der Waals surface area contributed by atoms with Gasteiger partial charge in [0.1, 0.15) is 0 Å². The zero-order valence-electron chi connectivity index (χ0n) is 10.9. The predicted octanol–water partition coefficient (Wildman–Crippen LogP) is 2.07. The van der Waals surface area contributed by atoms with Gasteiger partial charge >= 0.3 is 0 Å². The second-order valence-corrected chi connectivity index (χ2v) is 5.27. The summed E-state index contributed by atoms with van der Waals surface area (Å²) in [5, 5.41) is 9.00. The molecule has 0 spiro atoms. The third-order valence-electron chi connectivity index (χ3n) is 2.89. The predicted molar refractivity (Wildman–Crippen MR) is 80.0 cm³/mol. The fourth-order valence-electron chi connectivity index (χ4n) is 1.80. The first kappa shape index (κ1) is 14.6. The lowest BCUT2D eigenvalue weighted by molar-refractivity contribution is 0.0953. The number of hydrogen-bond donors (Lipinski definition) is 3. The van der Waals surface area contributed by atoms with Crippen LogP contribution in [0.25, 0.3) is 0 Å². The zero-order chi connectivity index (χ0) is 14.4. The van der Waals surface area contributed by atoms with Gasteiger partial charge in [-0.25, -0.2) is 5.84 Å². The van der Waals surface area contributed by atoms with Gasteiger partial charge in [0, 0.05) is 16.2 Å². The van der Waals surface area contributed by atoms with E-state index in [0.717, 1.165) is 16.0 Å². The van der Waals surface area contributed by atoms with Gasteiger partial charge in [-0.05, 0) is 29.3 Å². The third kappa shape index (κ3) is 3.60. The Bertz CT molecular complexity index is 585. The van der Waals surface area contributed by atoms with E-state index >= 15 is 0 Å². The number of nitrogens with one attached hydrogen (secondary N) is 1. The monoisotopic (exact) mass is 288 g/mol. The Morgan fingerprint density at radius 2 is 1.85 bits per heavy atom. The van der Waals surface area contributed by atoms with Crippen LogP contribution in [0.4, 0.5) is 0 Å². The van der Waals surface area contributed by atoms with Gasteiger partial charge in [0.2, 0.25) is 0 Å². The van der Waals surface area contributed by atoms with Gasteiger partial charge in [-0.15, -0.1) is 11.8 Å². The Labute approximate surface area is 122 Å². The second-order valence-electron chi connectivity index (χ2n) is 4.22. The molecule has 2 aromatic rings. The van der Waals surface area contributed by atoms with Crippen molar-refractivity contribution in [1.82, 2.24) is 5.43 Å². The quantitative estimate of drug-likeness (QED) is 0.341. The standard InChI is InChI=1S/C15H16N2O2S/c16-17-15(19)14-4-2-1-3-12(14)10-20-13-7-5-11(9-18)6-8-13/h1-8,18H,9-10,16H2,(H,17,19). The van der Waals surface area contributed by atoms with Crippen LogP contribution in [0.2, 0.25) is 0 Å². The van der Waals surface area contributed by atoms with E-state index < -0.39 is 0 Å². The van der Waals surface area contributed by atoms with E-state index in [0.29, 0.717) is 11.3 Å². The van der Waals surface area contributed by atoms with Gasteiger partial charge in [0.15, 0.2) is 0 Å². The molecule has 0 unspecified atom stereocenters. The number of benzene rings is 2. The van der Waals surface area contributed by atoms with Crippen LogP contribution in [0.5, 0.6) is 0 Å². The van der Waals surface area contributed by atoms with Crippen molar-refractivity contribution in [3.63, 3.8) is 0 Å². The molecule has 0 aliphatic carbocycles. The molecule has 0 fully saturated rings. The molecular weight excluding hydrogens is 272 g/mol. The minimum absolute atomic E-state index is 0.0461. The molecule has 0 aliphatic rings. The van der Waals surface area contributed by atoms with Crippen molar-refractivity contribution in [1.29, 1.82) is 0 Å². The number of amides is 1. The van der Waals surface area contributed by atoms with Crippen LogP contribution in [0.15, 0.2) is 53.4 Å². The van der Waals surface area contributed by atoms with Crippen LogP contribution < -0.4 is 11.3 Å². The molecule has 4 N–H and O–H groups in total. The number of rotatable bonds is 5. The van der Waals surface area contributed by atoms with Crippen molar-refractivity contribution in [3.8, 4) is 0 Å². The SMILES string of the molecule is NNC(=O)c1ccccc1CSc1ccc(CO)cc1. The van der Waals surface area contributed by atoms with Gasteiger partial charge in [0.25, 0.3) is 5.91 Å². The summed E-state index contributed by atoms with van der Waals surface area (Å²) in [5.41, 5.74) is 4.57. The van der Waals surface area contributed by atoms with Gasteiger partial charge in [-0.2, -0.15) is 0 Å². The molecule has 0 saturated carbocycles. The number of carbonyl (C=O) groups excluding carboxylic acids is 1. The number of aliphatic hydroxyl groups is 1. The van der Waals surface area contributed by atoms with Crippen LogP contribution in [0, 0.1) is 0 Å². The summed E-state index contributed by atoms with van der Waals surface area (Å²) < 4.78 is 0. The molecule has 0 bridgehead atoms. The highest BCUT2D eigenvalue weighted by molar-refractivity contribution is 7.98. The summed E-state index contributed by atoms with van der Waals surface area (Å²) in [6, 6.07) is 15.1. The van der Waals surface area contributed by atoms with Crippen molar-refractivity contribution in [2.45, 2.75) is 17.3 Å². The van der Waals surface area contributed by atoms with Gasteiger partial charge in [-0.1, -0.05) is 30.3 Å². The Morgan fingerprint density at radius 1 is 1.15 bits per heavy atom. The first-order valence-electron chi connectivity index (χ1n) is 6.16. The highest BCUT2D eigenvalue weighted by Crippen LogP contribution is 2.24. The lowest BCUT2D eigenvalue weighted by Gasteiger charge is -2.08. The Morgan fingerprint density at radius 3 is 2.50 bits per heavy atom. The molecule has 0 radical (unpaired) electrons. The molecule has 0 aromatic heterocycles. The summed E-state index contributed by atoms with van der Waals surface area (Å²) in [6.07, 6.45) is 0. The number of nitrogens with two attached hydrogens (primary N) is 1. The maximum absolute atomic E-state index is 11.7. The van der Waals surface area contributed by atoms with Crippen LogP contribution in [0.3, 0.4) is 0 Å². The number of hydrogen-bond acceptors (Lipinski definition) is 4. The van der Waals surface area contributed by atoms with Gasteiger partial charge < -0.3 is 5.11 Å². The molecule has 0 heterocycles. The Kier molecular flexibility index (Phi) is 5.17. The molecule has 4 nitrogen and oxygen atoms in total. The third-order valence-corrected chi connectivity index (χ3v) is 3.95. The van der Waals surface area contributed by atoms with Crippen molar-refractivity contribution >= 4 is 17.7 Å². The van der Waals surface area contributed by atoms with Gasteiger partial charge in [-0.3, -0.25) is 10.2 Å². The van der Waals surface area contributed by atoms with E-state index in [1.807, 2.05) is 42.5 Å². The molecule has 2 aromatic carbocycles. The van der Waals surface area contributed by atoms with E-state index in [1.54, 1.807) is 17.8 Å². The topological polar surface area (TPSA) is 75.3 Å². The number of aliphatic hydroxyl groups excluding tert-OH is 1. The average Bonchev–Trinajstić information content (AvgIpc) is 2.53. The van der Waals surface area contributed by atoms with Crippen LogP contribution in [-0.2, 0) is 12.4 Å². The van der Waals surface area contributed by atoms with Crippen LogP contribution in [-0.4, -0.2) is 11.0 Å². The van der Waals surface area contributed by atoms with E-state index in [2.05, 4.69) is 5.43 Å². The smallest absolute Gasteiger partial charge is 0.265 e. The Balaban J connectivity index is 2.08. The lowest BCUT2D eigenvalue weighted by atomic mass is 10.1. The van der Waals surface area contributed by atoms with Crippen molar-refractivity contribution in [2.75, 3.05) is 0 Å². The van der Waals surface area contributed by atoms with Crippen molar-refractivity contribution < 1.29 is 9.90 Å². The molecule has 5 heteroatoms. The largest absolute Gasteiger partial charge is 0.392 e.